The summed E-state index contributed by atoms with van der Waals surface area (Å²) in [5, 5.41) is 0.434. The summed E-state index contributed by atoms with van der Waals surface area (Å²) in [4.78, 5) is 4.28. The van der Waals surface area contributed by atoms with E-state index < -0.39 is 11.6 Å². The number of fused-ring (bicyclic) bond motifs is 1. The maximum absolute atomic E-state index is 14.1. The van der Waals surface area contributed by atoms with E-state index in [9.17, 15) is 8.78 Å². The fourth-order valence-corrected chi connectivity index (χ4v) is 2.91. The maximum Gasteiger partial charge on any atom is 0.150 e. The van der Waals surface area contributed by atoms with Gasteiger partial charge in [0, 0.05) is 11.0 Å². The summed E-state index contributed by atoms with van der Waals surface area (Å²) in [7, 11) is 0. The predicted octanol–water partition coefficient (Wildman–Crippen LogP) is 3.92. The lowest BCUT2D eigenvalue weighted by molar-refractivity contribution is 0.560. The monoisotopic (exact) mass is 326 g/mol. The molecule has 1 aliphatic rings. The molecule has 2 aromatic rings. The normalized spacial score (nSPS) is 14.5. The molecule has 0 amide bonds. The van der Waals surface area contributed by atoms with Gasteiger partial charge >= 0.3 is 0 Å². The second kappa shape index (κ2) is 5.04. The number of hydrogen-bond donors (Lipinski definition) is 0. The highest BCUT2D eigenvalue weighted by atomic mass is 79.9. The Hall–Kier alpha value is -1.23. The zero-order valence-electron chi connectivity index (χ0n) is 10.3. The summed E-state index contributed by atoms with van der Waals surface area (Å²) >= 11 is 3.21. The van der Waals surface area contributed by atoms with Crippen LogP contribution < -0.4 is 0 Å². The minimum Gasteiger partial charge on any atom is -0.298 e. The lowest BCUT2D eigenvalue weighted by Crippen LogP contribution is -2.09. The van der Waals surface area contributed by atoms with Gasteiger partial charge in [-0.1, -0.05) is 15.9 Å². The third-order valence-corrected chi connectivity index (χ3v) is 4.15. The number of nitrogens with zero attached hydrogens (tertiary/aromatic N) is 2. The predicted molar refractivity (Wildman–Crippen MR) is 72.8 cm³/mol. The summed E-state index contributed by atoms with van der Waals surface area (Å²) in [5.74, 6) is -1.08. The number of imidazole rings is 1. The van der Waals surface area contributed by atoms with Crippen LogP contribution in [0.1, 0.15) is 29.8 Å². The highest BCUT2D eigenvalue weighted by Crippen LogP contribution is 2.27. The van der Waals surface area contributed by atoms with Gasteiger partial charge in [0.1, 0.15) is 5.69 Å². The fraction of sp³-hybridized carbons (Fsp3) is 0.357. The number of halogens is 3. The van der Waals surface area contributed by atoms with Crippen molar-refractivity contribution in [2.45, 2.75) is 31.0 Å². The smallest absolute Gasteiger partial charge is 0.150 e. The van der Waals surface area contributed by atoms with Gasteiger partial charge in [-0.2, -0.15) is 0 Å². The molecular formula is C14H13BrF2N2. The van der Waals surface area contributed by atoms with Gasteiger partial charge in [-0.05, 0) is 43.4 Å². The molecule has 3 rings (SSSR count). The maximum atomic E-state index is 14.1. The summed E-state index contributed by atoms with van der Waals surface area (Å²) in [6.45, 7) is 0. The Kier molecular flexibility index (Phi) is 3.39. The van der Waals surface area contributed by atoms with Crippen molar-refractivity contribution in [2.75, 3.05) is 0 Å². The Labute approximate surface area is 118 Å². The van der Waals surface area contributed by atoms with E-state index in [2.05, 4.69) is 20.9 Å². The lowest BCUT2D eigenvalue weighted by atomic mass is 10.0. The Bertz CT molecular complexity index is 599. The molecule has 0 aliphatic heterocycles. The minimum absolute atomic E-state index is 0.0136. The van der Waals surface area contributed by atoms with Gasteiger partial charge in [0.15, 0.2) is 11.6 Å². The zero-order chi connectivity index (χ0) is 13.4. The molecule has 1 heterocycles. The number of hydrogen-bond acceptors (Lipinski definition) is 1. The van der Waals surface area contributed by atoms with Crippen LogP contribution in [0.15, 0.2) is 18.5 Å². The second-order valence-electron chi connectivity index (χ2n) is 4.76. The van der Waals surface area contributed by atoms with Crippen molar-refractivity contribution in [3.63, 3.8) is 0 Å². The molecule has 1 aromatic carbocycles. The van der Waals surface area contributed by atoms with E-state index in [0.717, 1.165) is 37.1 Å². The first-order chi connectivity index (χ1) is 9.20. The topological polar surface area (TPSA) is 17.8 Å². The molecule has 0 bridgehead atoms. The number of rotatable bonds is 2. The first-order valence-electron chi connectivity index (χ1n) is 6.30. The number of aryl methyl sites for hydroxylation is 1. The summed E-state index contributed by atoms with van der Waals surface area (Å²) in [5.41, 5.74) is 2.48. The van der Waals surface area contributed by atoms with Gasteiger partial charge in [0.25, 0.3) is 0 Å². The molecule has 5 heteroatoms. The van der Waals surface area contributed by atoms with Gasteiger partial charge < -0.3 is 0 Å². The molecule has 2 nitrogen and oxygen atoms in total. The van der Waals surface area contributed by atoms with Crippen molar-refractivity contribution in [3.05, 3.63) is 47.0 Å². The highest BCUT2D eigenvalue weighted by Gasteiger charge is 2.20. The van der Waals surface area contributed by atoms with Crippen molar-refractivity contribution >= 4 is 15.9 Å². The Morgan fingerprint density at radius 2 is 1.84 bits per heavy atom. The first-order valence-corrected chi connectivity index (χ1v) is 7.42. The average molecular weight is 327 g/mol. The van der Waals surface area contributed by atoms with Crippen molar-refractivity contribution in [2.24, 2.45) is 0 Å². The highest BCUT2D eigenvalue weighted by molar-refractivity contribution is 9.08. The van der Waals surface area contributed by atoms with Gasteiger partial charge in [0.05, 0.1) is 12.0 Å². The van der Waals surface area contributed by atoms with E-state index in [1.165, 1.54) is 18.5 Å². The summed E-state index contributed by atoms with van der Waals surface area (Å²) in [6.07, 6.45) is 5.39. The van der Waals surface area contributed by atoms with E-state index in [1.54, 1.807) is 4.57 Å². The Morgan fingerprint density at radius 1 is 1.16 bits per heavy atom. The minimum atomic E-state index is -0.541. The van der Waals surface area contributed by atoms with E-state index in [1.807, 2.05) is 0 Å². The number of alkyl halides is 1. The molecular weight excluding hydrogens is 314 g/mol. The van der Waals surface area contributed by atoms with E-state index in [-0.39, 0.29) is 5.69 Å². The van der Waals surface area contributed by atoms with Crippen molar-refractivity contribution in [3.8, 4) is 5.69 Å². The van der Waals surface area contributed by atoms with Crippen molar-refractivity contribution < 1.29 is 8.78 Å². The van der Waals surface area contributed by atoms with E-state index >= 15 is 0 Å². The molecule has 1 aliphatic carbocycles. The van der Waals surface area contributed by atoms with Gasteiger partial charge in [-0.25, -0.2) is 13.8 Å². The summed E-state index contributed by atoms with van der Waals surface area (Å²) < 4.78 is 29.8. The van der Waals surface area contributed by atoms with Crippen molar-refractivity contribution in [1.29, 1.82) is 0 Å². The Balaban J connectivity index is 2.14. The fourth-order valence-electron chi connectivity index (χ4n) is 2.59. The average Bonchev–Trinajstić information content (AvgIpc) is 2.82. The third-order valence-electron chi connectivity index (χ3n) is 3.50. The first kappa shape index (κ1) is 12.8. The van der Waals surface area contributed by atoms with E-state index in [0.29, 0.717) is 10.9 Å². The molecule has 0 spiro atoms. The van der Waals surface area contributed by atoms with Crippen LogP contribution in [-0.4, -0.2) is 9.55 Å². The molecule has 0 atom stereocenters. The molecule has 0 saturated heterocycles. The van der Waals surface area contributed by atoms with Gasteiger partial charge in [0.2, 0.25) is 0 Å². The summed E-state index contributed by atoms with van der Waals surface area (Å²) in [6, 6.07) is 2.73. The van der Waals surface area contributed by atoms with Crippen LogP contribution in [0.25, 0.3) is 5.69 Å². The SMILES string of the molecule is Fc1cc(CBr)cc(F)c1-n1cnc2c1CCCC2. The van der Waals surface area contributed by atoms with Crippen LogP contribution in [0, 0.1) is 11.6 Å². The molecule has 1 aromatic heterocycles. The van der Waals surface area contributed by atoms with Crippen LogP contribution in [0.4, 0.5) is 8.78 Å². The van der Waals surface area contributed by atoms with E-state index in [4.69, 9.17) is 0 Å². The van der Waals surface area contributed by atoms with Crippen LogP contribution >= 0.6 is 15.9 Å². The van der Waals surface area contributed by atoms with Crippen LogP contribution in [0.2, 0.25) is 0 Å². The standard InChI is InChI=1S/C14H13BrF2N2/c15-7-9-5-10(16)14(11(17)6-9)19-8-18-12-3-1-2-4-13(12)19/h5-6,8H,1-4,7H2. The van der Waals surface area contributed by atoms with Gasteiger partial charge in [-0.15, -0.1) is 0 Å². The third kappa shape index (κ3) is 2.20. The van der Waals surface area contributed by atoms with Crippen molar-refractivity contribution in [1.82, 2.24) is 9.55 Å². The van der Waals surface area contributed by atoms with Crippen LogP contribution in [0.5, 0.6) is 0 Å². The zero-order valence-corrected chi connectivity index (χ0v) is 11.9. The molecule has 0 saturated carbocycles. The quantitative estimate of drug-likeness (QED) is 0.765. The molecule has 0 fully saturated rings. The van der Waals surface area contributed by atoms with Crippen LogP contribution in [0.3, 0.4) is 0 Å². The number of aromatic nitrogens is 2. The second-order valence-corrected chi connectivity index (χ2v) is 5.32. The molecule has 0 N–H and O–H groups in total. The molecule has 19 heavy (non-hydrogen) atoms. The molecule has 0 radical (unpaired) electrons. The Morgan fingerprint density at radius 3 is 2.53 bits per heavy atom. The largest absolute Gasteiger partial charge is 0.298 e. The van der Waals surface area contributed by atoms with Gasteiger partial charge in [-0.3, -0.25) is 4.57 Å². The van der Waals surface area contributed by atoms with Crippen LogP contribution in [-0.2, 0) is 18.2 Å². The lowest BCUT2D eigenvalue weighted by Gasteiger charge is -2.15. The number of benzene rings is 1. The molecule has 0 unspecified atom stereocenters. The molecule has 100 valence electrons.